The number of hydrogen-bond acceptors (Lipinski definition) is 4. The van der Waals surface area contributed by atoms with Gasteiger partial charge in [0.25, 0.3) is 0 Å². The van der Waals surface area contributed by atoms with Gasteiger partial charge in [-0.25, -0.2) is 8.42 Å². The summed E-state index contributed by atoms with van der Waals surface area (Å²) in [5.74, 6) is 0.324. The Labute approximate surface area is 130 Å². The van der Waals surface area contributed by atoms with Crippen LogP contribution in [0.4, 0.5) is 0 Å². The molecular formula is C11H11Cl2NO2S3. The Morgan fingerprint density at radius 2 is 2.05 bits per heavy atom. The van der Waals surface area contributed by atoms with E-state index in [0.29, 0.717) is 21.7 Å². The van der Waals surface area contributed by atoms with E-state index < -0.39 is 10.0 Å². The van der Waals surface area contributed by atoms with Gasteiger partial charge in [0.2, 0.25) is 10.0 Å². The molecule has 0 aliphatic heterocycles. The fraction of sp³-hybridized carbons (Fsp3) is 0.273. The lowest BCUT2D eigenvalue weighted by Crippen LogP contribution is -2.25. The minimum absolute atomic E-state index is 0.290. The van der Waals surface area contributed by atoms with Crippen molar-refractivity contribution in [2.24, 2.45) is 0 Å². The zero-order chi connectivity index (χ0) is 14.0. The van der Waals surface area contributed by atoms with Gasteiger partial charge in [0, 0.05) is 28.7 Å². The summed E-state index contributed by atoms with van der Waals surface area (Å²) < 4.78 is 26.6. The molecule has 0 unspecified atom stereocenters. The minimum Gasteiger partial charge on any atom is -0.207 e. The van der Waals surface area contributed by atoms with Crippen molar-refractivity contribution in [1.29, 1.82) is 0 Å². The Bertz CT molecular complexity index is 663. The lowest BCUT2D eigenvalue weighted by Gasteiger charge is -2.15. The standard InChI is InChI=1S/C11H11Cl2NO2S3/c1-14(6-8-2-3-11(13)18-8)19(15,16)10-4-9(5-12)17-7-10/h2-4,7H,5-6H2,1H3. The van der Waals surface area contributed by atoms with Gasteiger partial charge in [-0.2, -0.15) is 4.31 Å². The van der Waals surface area contributed by atoms with E-state index in [2.05, 4.69) is 0 Å². The molecule has 104 valence electrons. The summed E-state index contributed by atoms with van der Waals surface area (Å²) >= 11 is 14.3. The monoisotopic (exact) mass is 355 g/mol. The predicted molar refractivity (Wildman–Crippen MR) is 81.9 cm³/mol. The fourth-order valence-electron chi connectivity index (χ4n) is 1.49. The van der Waals surface area contributed by atoms with E-state index in [4.69, 9.17) is 23.2 Å². The van der Waals surface area contributed by atoms with E-state index in [9.17, 15) is 8.42 Å². The summed E-state index contributed by atoms with van der Waals surface area (Å²) in [6.07, 6.45) is 0. The van der Waals surface area contributed by atoms with Crippen molar-refractivity contribution in [2.75, 3.05) is 7.05 Å². The van der Waals surface area contributed by atoms with E-state index >= 15 is 0 Å². The molecule has 8 heteroatoms. The molecule has 2 aromatic rings. The molecule has 0 saturated heterocycles. The number of halogens is 2. The third-order valence-electron chi connectivity index (χ3n) is 2.48. The van der Waals surface area contributed by atoms with Crippen molar-refractivity contribution in [1.82, 2.24) is 4.31 Å². The van der Waals surface area contributed by atoms with Gasteiger partial charge in [0.1, 0.15) is 0 Å². The molecule has 0 bridgehead atoms. The third-order valence-corrected chi connectivity index (χ3v) is 7.01. The summed E-state index contributed by atoms with van der Waals surface area (Å²) in [4.78, 5) is 2.04. The van der Waals surface area contributed by atoms with Gasteiger partial charge >= 0.3 is 0 Å². The molecule has 0 amide bonds. The molecule has 2 heterocycles. The second-order valence-corrected chi connectivity index (χ2v) is 8.96. The molecule has 0 aliphatic carbocycles. The maximum absolute atomic E-state index is 12.3. The van der Waals surface area contributed by atoms with Crippen LogP contribution in [0, 0.1) is 0 Å². The first-order valence-corrected chi connectivity index (χ1v) is 9.32. The molecule has 0 saturated carbocycles. The highest BCUT2D eigenvalue weighted by Gasteiger charge is 2.22. The summed E-state index contributed by atoms with van der Waals surface area (Å²) in [5, 5.41) is 1.62. The smallest absolute Gasteiger partial charge is 0.207 e. The lowest BCUT2D eigenvalue weighted by molar-refractivity contribution is 0.470. The molecule has 0 radical (unpaired) electrons. The molecule has 0 fully saturated rings. The highest BCUT2D eigenvalue weighted by Crippen LogP contribution is 2.27. The van der Waals surface area contributed by atoms with Crippen LogP contribution in [-0.4, -0.2) is 19.8 Å². The van der Waals surface area contributed by atoms with Crippen molar-refractivity contribution in [2.45, 2.75) is 17.3 Å². The Kier molecular flexibility index (Phi) is 4.92. The first kappa shape index (κ1) is 15.3. The van der Waals surface area contributed by atoms with Gasteiger partial charge in [0.05, 0.1) is 15.1 Å². The molecule has 0 aromatic carbocycles. The zero-order valence-corrected chi connectivity index (χ0v) is 13.9. The van der Waals surface area contributed by atoms with Crippen molar-refractivity contribution in [3.05, 3.63) is 37.7 Å². The van der Waals surface area contributed by atoms with Crippen LogP contribution < -0.4 is 0 Å². The number of thiophene rings is 2. The summed E-state index contributed by atoms with van der Waals surface area (Å²) in [6, 6.07) is 5.21. The average molecular weight is 356 g/mol. The molecule has 0 aliphatic rings. The number of rotatable bonds is 5. The van der Waals surface area contributed by atoms with Crippen LogP contribution in [0.1, 0.15) is 9.75 Å². The Balaban J connectivity index is 2.19. The highest BCUT2D eigenvalue weighted by molar-refractivity contribution is 7.89. The van der Waals surface area contributed by atoms with Gasteiger partial charge in [-0.05, 0) is 18.2 Å². The summed E-state index contributed by atoms with van der Waals surface area (Å²) in [6.45, 7) is 0.311. The number of alkyl halides is 1. The van der Waals surface area contributed by atoms with Crippen LogP contribution in [0.2, 0.25) is 4.34 Å². The van der Waals surface area contributed by atoms with Crippen molar-refractivity contribution >= 4 is 55.9 Å². The maximum atomic E-state index is 12.3. The van der Waals surface area contributed by atoms with Gasteiger partial charge in [0.15, 0.2) is 0 Å². The van der Waals surface area contributed by atoms with E-state index in [1.54, 1.807) is 24.6 Å². The van der Waals surface area contributed by atoms with E-state index in [1.165, 1.54) is 27.0 Å². The molecule has 19 heavy (non-hydrogen) atoms. The topological polar surface area (TPSA) is 37.4 Å². The summed E-state index contributed by atoms with van der Waals surface area (Å²) in [5.41, 5.74) is 0. The SMILES string of the molecule is CN(Cc1ccc(Cl)s1)S(=O)(=O)c1csc(CCl)c1. The van der Waals surface area contributed by atoms with E-state index in [1.807, 2.05) is 6.07 Å². The predicted octanol–water partition coefficient (Wildman–Crippen LogP) is 4.02. The highest BCUT2D eigenvalue weighted by atomic mass is 35.5. The average Bonchev–Trinajstić information content (AvgIpc) is 2.98. The van der Waals surface area contributed by atoms with Crippen molar-refractivity contribution in [3.8, 4) is 0 Å². The van der Waals surface area contributed by atoms with Crippen molar-refractivity contribution < 1.29 is 8.42 Å². The van der Waals surface area contributed by atoms with E-state index in [0.717, 1.165) is 9.75 Å². The largest absolute Gasteiger partial charge is 0.243 e. The maximum Gasteiger partial charge on any atom is 0.243 e. The first-order valence-electron chi connectivity index (χ1n) is 5.27. The van der Waals surface area contributed by atoms with Gasteiger partial charge in [-0.3, -0.25) is 0 Å². The minimum atomic E-state index is -3.47. The molecule has 2 rings (SSSR count). The zero-order valence-electron chi connectivity index (χ0n) is 9.97. The van der Waals surface area contributed by atoms with Gasteiger partial charge < -0.3 is 0 Å². The Morgan fingerprint density at radius 3 is 2.58 bits per heavy atom. The van der Waals surface area contributed by atoms with Crippen LogP contribution in [0.15, 0.2) is 28.5 Å². The van der Waals surface area contributed by atoms with Crippen LogP contribution in [0.5, 0.6) is 0 Å². The Morgan fingerprint density at radius 1 is 1.32 bits per heavy atom. The van der Waals surface area contributed by atoms with Crippen molar-refractivity contribution in [3.63, 3.8) is 0 Å². The summed E-state index contributed by atoms with van der Waals surface area (Å²) in [7, 11) is -1.91. The number of nitrogens with zero attached hydrogens (tertiary/aromatic N) is 1. The van der Waals surface area contributed by atoms with Crippen LogP contribution in [-0.2, 0) is 22.4 Å². The molecule has 0 atom stereocenters. The number of sulfonamides is 1. The molecule has 3 nitrogen and oxygen atoms in total. The second kappa shape index (κ2) is 6.11. The third kappa shape index (κ3) is 3.51. The fourth-order valence-corrected chi connectivity index (χ4v) is 5.23. The second-order valence-electron chi connectivity index (χ2n) is 3.85. The number of hydrogen-bond donors (Lipinski definition) is 0. The van der Waals surface area contributed by atoms with Gasteiger partial charge in [-0.1, -0.05) is 11.6 Å². The molecule has 2 aromatic heterocycles. The van der Waals surface area contributed by atoms with Crippen LogP contribution in [0.3, 0.4) is 0 Å². The quantitative estimate of drug-likeness (QED) is 0.759. The van der Waals surface area contributed by atoms with Gasteiger partial charge in [-0.15, -0.1) is 34.3 Å². The molecule has 0 N–H and O–H groups in total. The molecule has 0 spiro atoms. The molecular weight excluding hydrogens is 345 g/mol. The normalized spacial score (nSPS) is 12.2. The Hall–Kier alpha value is -0.110. The van der Waals surface area contributed by atoms with Crippen LogP contribution >= 0.6 is 45.9 Å². The first-order chi connectivity index (χ1) is 8.93. The lowest BCUT2D eigenvalue weighted by atomic mass is 10.5. The van der Waals surface area contributed by atoms with Crippen LogP contribution in [0.25, 0.3) is 0 Å². The van der Waals surface area contributed by atoms with E-state index in [-0.39, 0.29) is 0 Å².